The van der Waals surface area contributed by atoms with Gasteiger partial charge in [0.05, 0.1) is 25.3 Å². The van der Waals surface area contributed by atoms with Gasteiger partial charge in [-0.2, -0.15) is 0 Å². The van der Waals surface area contributed by atoms with Gasteiger partial charge in [-0.1, -0.05) is 11.6 Å². The third-order valence-corrected chi connectivity index (χ3v) is 6.76. The number of hydrogen-bond acceptors (Lipinski definition) is 6. The number of thiophene rings is 1. The number of benzene rings is 1. The minimum atomic E-state index is -0.630. The first kappa shape index (κ1) is 24.0. The molecule has 0 unspecified atom stereocenters. The molecule has 0 saturated heterocycles. The average molecular weight is 467 g/mol. The van der Waals surface area contributed by atoms with Gasteiger partial charge in [0.15, 0.2) is 0 Å². The maximum Gasteiger partial charge on any atom is 0.237 e. The van der Waals surface area contributed by atoms with Crippen LogP contribution in [0.25, 0.3) is 0 Å². The van der Waals surface area contributed by atoms with Crippen LogP contribution < -0.4 is 4.74 Å². The molecule has 1 aliphatic heterocycles. The highest BCUT2D eigenvalue weighted by molar-refractivity contribution is 7.10. The van der Waals surface area contributed by atoms with Crippen LogP contribution in [0.2, 0.25) is 5.02 Å². The van der Waals surface area contributed by atoms with E-state index < -0.39 is 6.10 Å². The molecule has 8 heteroatoms. The monoisotopic (exact) mass is 466 g/mol. The van der Waals surface area contributed by atoms with Crippen molar-refractivity contribution < 1.29 is 19.4 Å². The number of halogens is 1. The fraction of sp³-hybridized carbons (Fsp3) is 0.522. The lowest BCUT2D eigenvalue weighted by Crippen LogP contribution is -2.49. The normalized spacial score (nSPS) is 17.1. The first-order valence-electron chi connectivity index (χ1n) is 10.5. The van der Waals surface area contributed by atoms with Crippen molar-refractivity contribution >= 4 is 28.8 Å². The van der Waals surface area contributed by atoms with E-state index >= 15 is 0 Å². The Morgan fingerprint density at radius 1 is 1.32 bits per heavy atom. The zero-order valence-corrected chi connectivity index (χ0v) is 19.9. The molecule has 3 rings (SSSR count). The van der Waals surface area contributed by atoms with E-state index in [4.69, 9.17) is 21.1 Å². The molecule has 2 atom stereocenters. The molecule has 2 aromatic rings. The molecule has 0 aliphatic carbocycles. The van der Waals surface area contributed by atoms with Crippen molar-refractivity contribution in [1.82, 2.24) is 9.80 Å². The van der Waals surface area contributed by atoms with Crippen LogP contribution in [0.3, 0.4) is 0 Å². The molecule has 31 heavy (non-hydrogen) atoms. The predicted octanol–water partition coefficient (Wildman–Crippen LogP) is 3.62. The lowest BCUT2D eigenvalue weighted by molar-refractivity contribution is -0.137. The molecule has 1 amide bonds. The standard InChI is InChI=1S/C23H31ClN2O4S/c1-16(2)25(12-18(27)14-29-3)13-23(28)26-10-8-22-20(9-11-31-22)21(26)15-30-19-6-4-17(24)5-7-19/h4-7,9,11,16,18,21,27H,8,10,12-15H2,1-3H3/t18-,21+/m1/s1. The van der Waals surface area contributed by atoms with Crippen molar-refractivity contribution in [2.75, 3.05) is 40.0 Å². The quantitative estimate of drug-likeness (QED) is 0.579. The Morgan fingerprint density at radius 2 is 2.06 bits per heavy atom. The largest absolute Gasteiger partial charge is 0.491 e. The molecule has 2 heterocycles. The summed E-state index contributed by atoms with van der Waals surface area (Å²) in [7, 11) is 1.56. The van der Waals surface area contributed by atoms with Crippen LogP contribution in [0.4, 0.5) is 0 Å². The molecule has 0 saturated carbocycles. The number of carbonyl (C=O) groups is 1. The van der Waals surface area contributed by atoms with Crippen LogP contribution in [0.1, 0.15) is 30.3 Å². The van der Waals surface area contributed by atoms with Gasteiger partial charge in [-0.05, 0) is 61.5 Å². The smallest absolute Gasteiger partial charge is 0.237 e. The molecule has 0 fully saturated rings. The van der Waals surface area contributed by atoms with Crippen molar-refractivity contribution in [2.24, 2.45) is 0 Å². The van der Waals surface area contributed by atoms with Gasteiger partial charge in [0.1, 0.15) is 12.4 Å². The number of ether oxygens (including phenoxy) is 2. The third kappa shape index (κ3) is 6.43. The molecule has 0 radical (unpaired) electrons. The second kappa shape index (κ2) is 11.3. The minimum absolute atomic E-state index is 0.0415. The van der Waals surface area contributed by atoms with Crippen LogP contribution in [-0.4, -0.2) is 72.9 Å². The minimum Gasteiger partial charge on any atom is -0.491 e. The van der Waals surface area contributed by atoms with Crippen molar-refractivity contribution in [1.29, 1.82) is 0 Å². The number of rotatable bonds is 10. The van der Waals surface area contributed by atoms with Gasteiger partial charge in [0, 0.05) is 36.1 Å². The fourth-order valence-corrected chi connectivity index (χ4v) is 4.87. The zero-order chi connectivity index (χ0) is 22.4. The second-order valence-electron chi connectivity index (χ2n) is 8.05. The van der Waals surface area contributed by atoms with E-state index in [1.54, 1.807) is 30.6 Å². The Labute approximate surface area is 193 Å². The summed E-state index contributed by atoms with van der Waals surface area (Å²) in [5.74, 6) is 0.769. The number of amides is 1. The van der Waals surface area contributed by atoms with Crippen LogP contribution in [-0.2, 0) is 16.0 Å². The molecule has 1 N–H and O–H groups in total. The summed E-state index contributed by atoms with van der Waals surface area (Å²) in [4.78, 5) is 18.6. The molecular weight excluding hydrogens is 436 g/mol. The summed E-state index contributed by atoms with van der Waals surface area (Å²) < 4.78 is 11.1. The highest BCUT2D eigenvalue weighted by Gasteiger charge is 2.33. The summed E-state index contributed by atoms with van der Waals surface area (Å²) in [6.45, 7) is 5.98. The number of nitrogens with zero attached hydrogens (tertiary/aromatic N) is 2. The molecule has 1 aromatic carbocycles. The SMILES string of the molecule is COC[C@H](O)CN(CC(=O)N1CCc2sccc2[C@@H]1COc1ccc(Cl)cc1)C(C)C. The second-order valence-corrected chi connectivity index (χ2v) is 9.49. The number of carbonyl (C=O) groups excluding carboxylic acids is 1. The Balaban J connectivity index is 1.72. The van der Waals surface area contributed by atoms with Gasteiger partial charge in [0.2, 0.25) is 5.91 Å². The number of methoxy groups -OCH3 is 1. The van der Waals surface area contributed by atoms with Crippen LogP contribution >= 0.6 is 22.9 Å². The third-order valence-electron chi connectivity index (χ3n) is 5.51. The number of hydrogen-bond donors (Lipinski definition) is 1. The molecule has 6 nitrogen and oxygen atoms in total. The van der Waals surface area contributed by atoms with Gasteiger partial charge in [-0.15, -0.1) is 11.3 Å². The van der Waals surface area contributed by atoms with Gasteiger partial charge < -0.3 is 19.5 Å². The Bertz CT molecular complexity index is 842. The maximum absolute atomic E-state index is 13.4. The van der Waals surface area contributed by atoms with Crippen molar-refractivity contribution in [3.63, 3.8) is 0 Å². The van der Waals surface area contributed by atoms with E-state index in [2.05, 4.69) is 11.4 Å². The first-order chi connectivity index (χ1) is 14.9. The summed E-state index contributed by atoms with van der Waals surface area (Å²) >= 11 is 7.70. The van der Waals surface area contributed by atoms with Gasteiger partial charge in [-0.3, -0.25) is 9.69 Å². The van der Waals surface area contributed by atoms with E-state index in [1.165, 1.54) is 4.88 Å². The van der Waals surface area contributed by atoms with E-state index in [0.29, 0.717) is 24.7 Å². The fourth-order valence-electron chi connectivity index (χ4n) is 3.82. The Morgan fingerprint density at radius 3 is 2.74 bits per heavy atom. The highest BCUT2D eigenvalue weighted by atomic mass is 35.5. The van der Waals surface area contributed by atoms with Crippen LogP contribution in [0.5, 0.6) is 5.75 Å². The first-order valence-corrected chi connectivity index (χ1v) is 11.8. The average Bonchev–Trinajstić information content (AvgIpc) is 3.21. The van der Waals surface area contributed by atoms with Crippen molar-refractivity contribution in [3.05, 3.63) is 51.2 Å². The van der Waals surface area contributed by atoms with Crippen LogP contribution in [0, 0.1) is 0 Å². The lowest BCUT2D eigenvalue weighted by Gasteiger charge is -2.38. The zero-order valence-electron chi connectivity index (χ0n) is 18.3. The molecule has 0 bridgehead atoms. The highest BCUT2D eigenvalue weighted by Crippen LogP contribution is 2.34. The van der Waals surface area contributed by atoms with E-state index in [0.717, 1.165) is 17.7 Å². The topological polar surface area (TPSA) is 62.2 Å². The summed E-state index contributed by atoms with van der Waals surface area (Å²) in [6.07, 6.45) is 0.221. The summed E-state index contributed by atoms with van der Waals surface area (Å²) in [5.41, 5.74) is 1.16. The molecule has 170 valence electrons. The van der Waals surface area contributed by atoms with E-state index in [9.17, 15) is 9.90 Å². The maximum atomic E-state index is 13.4. The number of aliphatic hydroxyl groups is 1. The number of aliphatic hydroxyl groups excluding tert-OH is 1. The van der Waals surface area contributed by atoms with Gasteiger partial charge >= 0.3 is 0 Å². The molecular formula is C23H31ClN2O4S. The summed E-state index contributed by atoms with van der Waals surface area (Å²) in [6, 6.07) is 9.34. The Hall–Kier alpha value is -1.64. The van der Waals surface area contributed by atoms with Crippen molar-refractivity contribution in [3.8, 4) is 5.75 Å². The summed E-state index contributed by atoms with van der Waals surface area (Å²) in [5, 5.41) is 12.9. The molecule has 1 aliphatic rings. The molecule has 1 aromatic heterocycles. The van der Waals surface area contributed by atoms with Crippen LogP contribution in [0.15, 0.2) is 35.7 Å². The van der Waals surface area contributed by atoms with E-state index in [1.807, 2.05) is 35.8 Å². The number of fused-ring (bicyclic) bond motifs is 1. The Kier molecular flexibility index (Phi) is 8.75. The predicted molar refractivity (Wildman–Crippen MR) is 124 cm³/mol. The van der Waals surface area contributed by atoms with Gasteiger partial charge in [-0.25, -0.2) is 0 Å². The van der Waals surface area contributed by atoms with Crippen molar-refractivity contribution in [2.45, 2.75) is 38.5 Å². The molecule has 0 spiro atoms. The van der Waals surface area contributed by atoms with E-state index in [-0.39, 0.29) is 31.1 Å². The lowest BCUT2D eigenvalue weighted by atomic mass is 10.00. The van der Waals surface area contributed by atoms with Gasteiger partial charge in [0.25, 0.3) is 0 Å².